The molecule has 3 rings (SSSR count). The van der Waals surface area contributed by atoms with Gasteiger partial charge in [0.1, 0.15) is 6.10 Å². The second kappa shape index (κ2) is 8.39. The summed E-state index contributed by atoms with van der Waals surface area (Å²) < 4.78 is 5.55. The predicted octanol–water partition coefficient (Wildman–Crippen LogP) is 1.86. The first kappa shape index (κ1) is 18.5. The molecule has 0 bridgehead atoms. The second-order valence-electron chi connectivity index (χ2n) is 8.00. The lowest BCUT2D eigenvalue weighted by molar-refractivity contribution is -0.142. The number of rotatable bonds is 4. The number of ether oxygens (including phenoxy) is 1. The maximum absolute atomic E-state index is 12.5. The minimum Gasteiger partial charge on any atom is -0.368 e. The van der Waals surface area contributed by atoms with Crippen molar-refractivity contribution in [3.05, 3.63) is 0 Å². The van der Waals surface area contributed by atoms with Crippen LogP contribution in [0.2, 0.25) is 0 Å². The van der Waals surface area contributed by atoms with Crippen LogP contribution < -0.4 is 5.32 Å². The van der Waals surface area contributed by atoms with Crippen LogP contribution in [-0.2, 0) is 9.53 Å². The lowest BCUT2D eigenvalue weighted by atomic mass is 9.89. The highest BCUT2D eigenvalue weighted by Gasteiger charge is 2.32. The van der Waals surface area contributed by atoms with Crippen molar-refractivity contribution in [3.8, 4) is 0 Å². The molecule has 0 radical (unpaired) electrons. The summed E-state index contributed by atoms with van der Waals surface area (Å²) in [4.78, 5) is 21.7. The molecular weight excluding hydrogens is 316 g/mol. The van der Waals surface area contributed by atoms with Crippen molar-refractivity contribution in [1.82, 2.24) is 15.1 Å². The summed E-state index contributed by atoms with van der Waals surface area (Å²) in [6.07, 6.45) is 6.95. The summed E-state index contributed by atoms with van der Waals surface area (Å²) in [5.74, 6) is 1.19. The van der Waals surface area contributed by atoms with E-state index in [1.54, 1.807) is 0 Å². The molecule has 1 N–H and O–H groups in total. The number of carbonyl (C=O) groups is 1. The monoisotopic (exact) mass is 350 g/mol. The Kier molecular flexibility index (Phi) is 6.20. The number of hydrogen-bond acceptors (Lipinski definition) is 3. The number of nitrogens with one attached hydrogen (secondary N) is 1. The number of carbonyl (C=O) groups excluding carboxylic acids is 1. The Hall–Kier alpha value is -1.30. The Labute approximate surface area is 152 Å². The van der Waals surface area contributed by atoms with Crippen molar-refractivity contribution in [2.24, 2.45) is 10.4 Å². The van der Waals surface area contributed by atoms with Crippen LogP contribution in [0.1, 0.15) is 52.4 Å². The van der Waals surface area contributed by atoms with E-state index < -0.39 is 0 Å². The smallest absolute Gasteiger partial charge is 0.251 e. The maximum Gasteiger partial charge on any atom is 0.251 e. The Morgan fingerprint density at radius 3 is 2.44 bits per heavy atom. The van der Waals surface area contributed by atoms with Crippen molar-refractivity contribution in [3.63, 3.8) is 0 Å². The second-order valence-corrected chi connectivity index (χ2v) is 8.00. The number of amides is 1. The van der Waals surface area contributed by atoms with E-state index in [2.05, 4.69) is 24.1 Å². The van der Waals surface area contributed by atoms with E-state index in [-0.39, 0.29) is 12.0 Å². The van der Waals surface area contributed by atoms with Gasteiger partial charge < -0.3 is 19.9 Å². The Morgan fingerprint density at radius 1 is 1.16 bits per heavy atom. The van der Waals surface area contributed by atoms with Gasteiger partial charge in [0.25, 0.3) is 5.91 Å². The molecule has 1 amide bonds. The fourth-order valence-electron chi connectivity index (χ4n) is 4.19. The molecule has 6 nitrogen and oxygen atoms in total. The number of piperazine rings is 1. The van der Waals surface area contributed by atoms with Gasteiger partial charge in [0, 0.05) is 45.9 Å². The fraction of sp³-hybridized carbons (Fsp3) is 0.895. The first-order valence-corrected chi connectivity index (χ1v) is 10.0. The molecule has 3 fully saturated rings. The van der Waals surface area contributed by atoms with Gasteiger partial charge in [-0.15, -0.1) is 0 Å². The molecule has 0 aromatic carbocycles. The summed E-state index contributed by atoms with van der Waals surface area (Å²) in [5, 5.41) is 3.44. The van der Waals surface area contributed by atoms with Crippen LogP contribution in [0.4, 0.5) is 0 Å². The predicted molar refractivity (Wildman–Crippen MR) is 99.7 cm³/mol. The molecule has 2 saturated heterocycles. The zero-order valence-electron chi connectivity index (χ0n) is 15.9. The number of guanidine groups is 1. The minimum atomic E-state index is -0.198. The zero-order chi connectivity index (χ0) is 17.7. The van der Waals surface area contributed by atoms with Gasteiger partial charge in [-0.2, -0.15) is 0 Å². The van der Waals surface area contributed by atoms with E-state index in [9.17, 15) is 4.79 Å². The van der Waals surface area contributed by atoms with Gasteiger partial charge in [-0.25, -0.2) is 0 Å². The van der Waals surface area contributed by atoms with Crippen LogP contribution >= 0.6 is 0 Å². The topological polar surface area (TPSA) is 57.2 Å². The fourth-order valence-corrected chi connectivity index (χ4v) is 4.19. The van der Waals surface area contributed by atoms with Crippen molar-refractivity contribution in [2.45, 2.75) is 58.5 Å². The summed E-state index contributed by atoms with van der Waals surface area (Å²) in [7, 11) is 0. The average molecular weight is 351 g/mol. The molecular formula is C19H34N4O2. The Morgan fingerprint density at radius 2 is 1.84 bits per heavy atom. The Bertz CT molecular complexity index is 474. The normalized spacial score (nSPS) is 27.0. The third-order valence-electron chi connectivity index (χ3n) is 5.85. The molecule has 0 aromatic heterocycles. The highest BCUT2D eigenvalue weighted by atomic mass is 16.5. The van der Waals surface area contributed by atoms with Gasteiger partial charge in [-0.3, -0.25) is 9.79 Å². The highest BCUT2D eigenvalue weighted by molar-refractivity contribution is 5.82. The van der Waals surface area contributed by atoms with Gasteiger partial charge in [0.05, 0.1) is 0 Å². The maximum atomic E-state index is 12.5. The quantitative estimate of drug-likeness (QED) is 0.621. The summed E-state index contributed by atoms with van der Waals surface area (Å²) in [6, 6.07) is 0. The molecule has 6 heteroatoms. The highest BCUT2D eigenvalue weighted by Crippen LogP contribution is 2.37. The molecule has 0 spiro atoms. The van der Waals surface area contributed by atoms with Crippen LogP contribution in [0.15, 0.2) is 4.99 Å². The summed E-state index contributed by atoms with van der Waals surface area (Å²) in [5.41, 5.74) is 0.373. The lowest BCUT2D eigenvalue weighted by Crippen LogP contribution is -2.55. The molecule has 1 unspecified atom stereocenters. The summed E-state index contributed by atoms with van der Waals surface area (Å²) >= 11 is 0. The standard InChI is InChI=1S/C19H34N4O2/c1-3-20-18(21-15-19(2)8-4-5-9-19)23-12-10-22(11-13-23)17(24)16-7-6-14-25-16/h16H,3-15H2,1-2H3,(H,20,21). The number of hydrogen-bond donors (Lipinski definition) is 1. The van der Waals surface area contributed by atoms with E-state index in [1.807, 2.05) is 4.90 Å². The molecule has 1 atom stereocenters. The van der Waals surface area contributed by atoms with Crippen LogP contribution in [0.5, 0.6) is 0 Å². The zero-order valence-corrected chi connectivity index (χ0v) is 15.9. The first-order valence-electron chi connectivity index (χ1n) is 10.0. The third kappa shape index (κ3) is 4.66. The van der Waals surface area contributed by atoms with Crippen molar-refractivity contribution < 1.29 is 9.53 Å². The van der Waals surface area contributed by atoms with Gasteiger partial charge in [-0.1, -0.05) is 19.8 Å². The van der Waals surface area contributed by atoms with Crippen LogP contribution in [0.3, 0.4) is 0 Å². The number of aliphatic imine (C=N–C) groups is 1. The third-order valence-corrected chi connectivity index (χ3v) is 5.85. The van der Waals surface area contributed by atoms with Crippen molar-refractivity contribution >= 4 is 11.9 Å². The van der Waals surface area contributed by atoms with E-state index >= 15 is 0 Å². The molecule has 0 aromatic rings. The average Bonchev–Trinajstić information content (AvgIpc) is 3.30. The Balaban J connectivity index is 1.53. The van der Waals surface area contributed by atoms with Crippen molar-refractivity contribution in [1.29, 1.82) is 0 Å². The van der Waals surface area contributed by atoms with Gasteiger partial charge >= 0.3 is 0 Å². The lowest BCUT2D eigenvalue weighted by Gasteiger charge is -2.37. The van der Waals surface area contributed by atoms with Gasteiger partial charge in [-0.05, 0) is 38.0 Å². The van der Waals surface area contributed by atoms with E-state index in [1.165, 1.54) is 25.7 Å². The van der Waals surface area contributed by atoms with Crippen LogP contribution in [0, 0.1) is 5.41 Å². The molecule has 2 aliphatic heterocycles. The van der Waals surface area contributed by atoms with Crippen LogP contribution in [0.25, 0.3) is 0 Å². The van der Waals surface area contributed by atoms with Gasteiger partial charge in [0.15, 0.2) is 5.96 Å². The minimum absolute atomic E-state index is 0.178. The molecule has 3 aliphatic rings. The van der Waals surface area contributed by atoms with Gasteiger partial charge in [0.2, 0.25) is 0 Å². The van der Waals surface area contributed by atoms with E-state index in [0.717, 1.165) is 64.7 Å². The summed E-state index contributed by atoms with van der Waals surface area (Å²) in [6.45, 7) is 10.2. The molecule has 2 heterocycles. The molecule has 1 aliphatic carbocycles. The first-order chi connectivity index (χ1) is 12.1. The van der Waals surface area contributed by atoms with E-state index in [0.29, 0.717) is 5.41 Å². The van der Waals surface area contributed by atoms with E-state index in [4.69, 9.17) is 9.73 Å². The molecule has 142 valence electrons. The largest absolute Gasteiger partial charge is 0.368 e. The van der Waals surface area contributed by atoms with Crippen molar-refractivity contribution in [2.75, 3.05) is 45.9 Å². The number of nitrogens with zero attached hydrogens (tertiary/aromatic N) is 3. The molecule has 1 saturated carbocycles. The van der Waals surface area contributed by atoms with Crippen LogP contribution in [-0.4, -0.2) is 73.6 Å². The SMILES string of the molecule is CCNC(=NCC1(C)CCCC1)N1CCN(C(=O)C2CCCO2)CC1. The molecule has 25 heavy (non-hydrogen) atoms.